The maximum atomic E-state index is 13.1. The summed E-state index contributed by atoms with van der Waals surface area (Å²) in [6.07, 6.45) is 2.78. The molecule has 1 amide bonds. The van der Waals surface area contributed by atoms with E-state index in [9.17, 15) is 9.18 Å². The van der Waals surface area contributed by atoms with Crippen molar-refractivity contribution in [3.8, 4) is 0 Å². The topological polar surface area (TPSA) is 57.5 Å². The number of carbonyl (C=O) groups excluding carboxylic acids is 1. The molecule has 0 saturated carbocycles. The molecule has 0 radical (unpaired) electrons. The Kier molecular flexibility index (Phi) is 6.34. The van der Waals surface area contributed by atoms with Gasteiger partial charge >= 0.3 is 0 Å². The summed E-state index contributed by atoms with van der Waals surface area (Å²) in [5.74, 6) is 1.11. The largest absolute Gasteiger partial charge is 0.465 e. The minimum absolute atomic E-state index is 0.0297. The molecule has 2 heterocycles. The Balaban J connectivity index is 1.47. The number of rotatable bonds is 6. The summed E-state index contributed by atoms with van der Waals surface area (Å²) in [7, 11) is 1.82. The summed E-state index contributed by atoms with van der Waals surface area (Å²) >= 11 is 3.44. The molecule has 27 heavy (non-hydrogen) atoms. The van der Waals surface area contributed by atoms with Gasteiger partial charge in [0, 0.05) is 25.7 Å². The second-order valence-corrected chi connectivity index (χ2v) is 7.89. The van der Waals surface area contributed by atoms with E-state index >= 15 is 0 Å². The summed E-state index contributed by atoms with van der Waals surface area (Å²) < 4.78 is 19.3. The summed E-state index contributed by atoms with van der Waals surface area (Å²) in [5, 5.41) is 0. The Morgan fingerprint density at radius 3 is 2.59 bits per heavy atom. The third-order valence-corrected chi connectivity index (χ3v) is 6.00. The fraction of sp³-hybridized carbons (Fsp3) is 0.450. The van der Waals surface area contributed by atoms with Crippen LogP contribution in [0.1, 0.15) is 52.7 Å². The SMILES string of the molecule is Cc1oc(C)c(C(=O)N(C)CCCC2CC(c3ccc(F)cc3)NN2)c1Br. The van der Waals surface area contributed by atoms with Crippen LogP contribution in [-0.2, 0) is 0 Å². The lowest BCUT2D eigenvalue weighted by Crippen LogP contribution is -2.32. The number of carbonyl (C=O) groups is 1. The lowest BCUT2D eigenvalue weighted by atomic mass is 9.99. The molecule has 2 unspecified atom stereocenters. The molecule has 7 heteroatoms. The van der Waals surface area contributed by atoms with Crippen LogP contribution in [0.4, 0.5) is 4.39 Å². The first-order valence-corrected chi connectivity index (χ1v) is 9.93. The fourth-order valence-electron chi connectivity index (χ4n) is 3.49. The van der Waals surface area contributed by atoms with Gasteiger partial charge in [0.1, 0.15) is 17.3 Å². The summed E-state index contributed by atoms with van der Waals surface area (Å²) in [6.45, 7) is 4.32. The number of halogens is 2. The predicted molar refractivity (Wildman–Crippen MR) is 106 cm³/mol. The van der Waals surface area contributed by atoms with Crippen molar-refractivity contribution in [3.05, 3.63) is 57.2 Å². The van der Waals surface area contributed by atoms with Gasteiger partial charge in [-0.15, -0.1) is 0 Å². The molecule has 1 aliphatic heterocycles. The van der Waals surface area contributed by atoms with Crippen LogP contribution in [0.5, 0.6) is 0 Å². The van der Waals surface area contributed by atoms with Crippen molar-refractivity contribution in [1.29, 1.82) is 0 Å². The van der Waals surface area contributed by atoms with Crippen LogP contribution in [0.2, 0.25) is 0 Å². The van der Waals surface area contributed by atoms with Gasteiger partial charge in [0.15, 0.2) is 0 Å². The molecule has 2 atom stereocenters. The van der Waals surface area contributed by atoms with E-state index in [0.717, 1.165) is 35.1 Å². The van der Waals surface area contributed by atoms with Gasteiger partial charge < -0.3 is 9.32 Å². The zero-order valence-corrected chi connectivity index (χ0v) is 17.4. The second kappa shape index (κ2) is 8.54. The van der Waals surface area contributed by atoms with E-state index in [1.54, 1.807) is 4.90 Å². The van der Waals surface area contributed by atoms with Crippen LogP contribution >= 0.6 is 15.9 Å². The minimum atomic E-state index is -0.219. The lowest BCUT2D eigenvalue weighted by Gasteiger charge is -2.18. The summed E-state index contributed by atoms with van der Waals surface area (Å²) in [4.78, 5) is 14.4. The monoisotopic (exact) mass is 437 g/mol. The van der Waals surface area contributed by atoms with E-state index in [2.05, 4.69) is 26.8 Å². The highest BCUT2D eigenvalue weighted by Crippen LogP contribution is 2.28. The Morgan fingerprint density at radius 2 is 1.96 bits per heavy atom. The predicted octanol–water partition coefficient (Wildman–Crippen LogP) is 4.26. The highest BCUT2D eigenvalue weighted by Gasteiger charge is 2.26. The number of nitrogens with one attached hydrogen (secondary N) is 2. The highest BCUT2D eigenvalue weighted by molar-refractivity contribution is 9.10. The molecule has 2 aromatic rings. The molecule has 3 rings (SSSR count). The van der Waals surface area contributed by atoms with E-state index < -0.39 is 0 Å². The maximum Gasteiger partial charge on any atom is 0.258 e. The Morgan fingerprint density at radius 1 is 1.26 bits per heavy atom. The van der Waals surface area contributed by atoms with Crippen LogP contribution in [-0.4, -0.2) is 30.4 Å². The smallest absolute Gasteiger partial charge is 0.258 e. The molecule has 0 spiro atoms. The molecule has 2 N–H and O–H groups in total. The maximum absolute atomic E-state index is 13.1. The molecule has 146 valence electrons. The second-order valence-electron chi connectivity index (χ2n) is 7.10. The van der Waals surface area contributed by atoms with Crippen molar-refractivity contribution in [2.75, 3.05) is 13.6 Å². The van der Waals surface area contributed by atoms with Gasteiger partial charge in [-0.25, -0.2) is 4.39 Å². The molecule has 0 bridgehead atoms. The molecule has 1 saturated heterocycles. The molecular weight excluding hydrogens is 413 g/mol. The number of amides is 1. The van der Waals surface area contributed by atoms with Crippen molar-refractivity contribution in [1.82, 2.24) is 15.8 Å². The van der Waals surface area contributed by atoms with Gasteiger partial charge in [-0.1, -0.05) is 12.1 Å². The first-order chi connectivity index (χ1) is 12.9. The van der Waals surface area contributed by atoms with Gasteiger partial charge in [0.2, 0.25) is 0 Å². The molecule has 1 aliphatic rings. The number of aryl methyl sites for hydroxylation is 2. The van der Waals surface area contributed by atoms with Gasteiger partial charge in [-0.3, -0.25) is 15.6 Å². The average molecular weight is 438 g/mol. The van der Waals surface area contributed by atoms with Crippen molar-refractivity contribution >= 4 is 21.8 Å². The first kappa shape index (κ1) is 20.0. The fourth-order valence-corrected chi connectivity index (χ4v) is 4.02. The lowest BCUT2D eigenvalue weighted by molar-refractivity contribution is 0.0789. The van der Waals surface area contributed by atoms with E-state index in [-0.39, 0.29) is 17.8 Å². The number of hydrogen-bond acceptors (Lipinski definition) is 4. The molecule has 1 aromatic carbocycles. The van der Waals surface area contributed by atoms with Crippen LogP contribution in [0.15, 0.2) is 33.2 Å². The van der Waals surface area contributed by atoms with E-state index in [1.807, 2.05) is 33.0 Å². The standard InChI is InChI=1S/C20H25BrFN3O2/c1-12-18(19(21)13(2)27-12)20(26)25(3)10-4-5-16-11-17(24-23-16)14-6-8-15(22)9-7-14/h6-9,16-17,23-24H,4-5,10-11H2,1-3H3. The molecule has 1 aromatic heterocycles. The van der Waals surface area contributed by atoms with Crippen LogP contribution in [0, 0.1) is 19.7 Å². The number of nitrogens with zero attached hydrogens (tertiary/aromatic N) is 1. The third kappa shape index (κ3) is 4.59. The molecule has 5 nitrogen and oxygen atoms in total. The van der Waals surface area contributed by atoms with Gasteiger partial charge in [0.05, 0.1) is 10.0 Å². The number of hydrazine groups is 1. The Labute approximate surface area is 167 Å². The van der Waals surface area contributed by atoms with Crippen LogP contribution in [0.25, 0.3) is 0 Å². The Hall–Kier alpha value is -1.70. The highest BCUT2D eigenvalue weighted by atomic mass is 79.9. The van der Waals surface area contributed by atoms with Gasteiger partial charge in [-0.2, -0.15) is 0 Å². The average Bonchev–Trinajstić information content (AvgIpc) is 3.20. The molecular formula is C20H25BrFN3O2. The molecule has 1 fully saturated rings. The van der Waals surface area contributed by atoms with E-state index in [1.165, 1.54) is 12.1 Å². The van der Waals surface area contributed by atoms with Crippen molar-refractivity contribution in [2.24, 2.45) is 0 Å². The Bertz CT molecular complexity index is 806. The normalized spacial score (nSPS) is 19.4. The quantitative estimate of drug-likeness (QED) is 0.708. The third-order valence-electron chi connectivity index (χ3n) is 5.05. The van der Waals surface area contributed by atoms with E-state index in [4.69, 9.17) is 4.42 Å². The van der Waals surface area contributed by atoms with Gasteiger partial charge in [0.25, 0.3) is 5.91 Å². The van der Waals surface area contributed by atoms with Crippen LogP contribution < -0.4 is 10.9 Å². The van der Waals surface area contributed by atoms with Crippen molar-refractivity contribution in [3.63, 3.8) is 0 Å². The number of hydrogen-bond donors (Lipinski definition) is 2. The summed E-state index contributed by atoms with van der Waals surface area (Å²) in [5.41, 5.74) is 8.26. The van der Waals surface area contributed by atoms with Crippen molar-refractivity contribution < 1.29 is 13.6 Å². The zero-order chi connectivity index (χ0) is 19.6. The van der Waals surface area contributed by atoms with Crippen LogP contribution in [0.3, 0.4) is 0 Å². The number of furan rings is 1. The summed E-state index contributed by atoms with van der Waals surface area (Å²) in [6, 6.07) is 7.12. The van der Waals surface area contributed by atoms with Crippen molar-refractivity contribution in [2.45, 2.75) is 45.2 Å². The zero-order valence-electron chi connectivity index (χ0n) is 15.8. The van der Waals surface area contributed by atoms with Gasteiger partial charge in [-0.05, 0) is 66.7 Å². The minimum Gasteiger partial charge on any atom is -0.465 e. The van der Waals surface area contributed by atoms with E-state index in [0.29, 0.717) is 23.9 Å². The first-order valence-electron chi connectivity index (χ1n) is 9.14. The molecule has 0 aliphatic carbocycles. The number of benzene rings is 1.